The summed E-state index contributed by atoms with van der Waals surface area (Å²) in [5.41, 5.74) is 4.95. The van der Waals surface area contributed by atoms with E-state index in [4.69, 9.17) is 9.47 Å². The highest BCUT2D eigenvalue weighted by molar-refractivity contribution is 6.01. The van der Waals surface area contributed by atoms with Gasteiger partial charge in [0.15, 0.2) is 0 Å². The lowest BCUT2D eigenvalue weighted by Gasteiger charge is -2.05. The molecule has 0 amide bonds. The largest absolute Gasteiger partial charge is 0.462 e. The molecular formula is C21H21NO4. The molecule has 0 radical (unpaired) electrons. The zero-order chi connectivity index (χ0) is 18.7. The molecule has 0 bridgehead atoms. The Morgan fingerprint density at radius 2 is 1.46 bits per heavy atom. The number of rotatable bonds is 5. The molecule has 0 aliphatic carbocycles. The number of aryl methyl sites for hydroxylation is 1. The highest BCUT2D eigenvalue weighted by atomic mass is 16.5. The first kappa shape index (κ1) is 17.7. The number of carbonyl (C=O) groups is 2. The van der Waals surface area contributed by atoms with Crippen molar-refractivity contribution in [3.63, 3.8) is 0 Å². The van der Waals surface area contributed by atoms with Crippen molar-refractivity contribution in [3.05, 3.63) is 59.3 Å². The second kappa shape index (κ2) is 7.44. The van der Waals surface area contributed by atoms with Gasteiger partial charge in [-0.15, -0.1) is 0 Å². The van der Waals surface area contributed by atoms with Gasteiger partial charge in [-0.3, -0.25) is 0 Å². The number of fused-ring (bicyclic) bond motifs is 1. The summed E-state index contributed by atoms with van der Waals surface area (Å²) >= 11 is 0. The molecule has 1 heterocycles. The molecule has 0 saturated heterocycles. The third-order valence-corrected chi connectivity index (χ3v) is 4.18. The summed E-state index contributed by atoms with van der Waals surface area (Å²) in [4.78, 5) is 27.1. The number of carbonyl (C=O) groups excluding carboxylic acids is 2. The number of esters is 2. The maximum Gasteiger partial charge on any atom is 0.338 e. The molecule has 0 aliphatic heterocycles. The monoisotopic (exact) mass is 351 g/mol. The Morgan fingerprint density at radius 1 is 0.885 bits per heavy atom. The summed E-state index contributed by atoms with van der Waals surface area (Å²) in [6, 6.07) is 12.8. The lowest BCUT2D eigenvalue weighted by Crippen LogP contribution is -2.04. The van der Waals surface area contributed by atoms with Gasteiger partial charge in [-0.05, 0) is 50.6 Å². The predicted molar refractivity (Wildman–Crippen MR) is 100 cm³/mol. The quantitative estimate of drug-likeness (QED) is 0.687. The zero-order valence-corrected chi connectivity index (χ0v) is 15.1. The van der Waals surface area contributed by atoms with Gasteiger partial charge in [0.05, 0.1) is 24.3 Å². The van der Waals surface area contributed by atoms with Gasteiger partial charge in [0, 0.05) is 22.2 Å². The predicted octanol–water partition coefficient (Wildman–Crippen LogP) is 4.50. The van der Waals surface area contributed by atoms with Gasteiger partial charge in [-0.1, -0.05) is 18.2 Å². The molecule has 26 heavy (non-hydrogen) atoms. The molecule has 134 valence electrons. The van der Waals surface area contributed by atoms with E-state index in [1.165, 1.54) is 0 Å². The summed E-state index contributed by atoms with van der Waals surface area (Å²) in [5, 5.41) is 1.01. The molecule has 2 aromatic carbocycles. The number of benzene rings is 2. The Labute approximate surface area is 151 Å². The van der Waals surface area contributed by atoms with E-state index >= 15 is 0 Å². The van der Waals surface area contributed by atoms with E-state index in [0.29, 0.717) is 24.3 Å². The van der Waals surface area contributed by atoms with Gasteiger partial charge in [0.2, 0.25) is 0 Å². The van der Waals surface area contributed by atoms with Gasteiger partial charge >= 0.3 is 11.9 Å². The minimum absolute atomic E-state index is 0.325. The summed E-state index contributed by atoms with van der Waals surface area (Å²) in [7, 11) is 0. The average molecular weight is 351 g/mol. The van der Waals surface area contributed by atoms with Crippen LogP contribution in [0, 0.1) is 6.92 Å². The Bertz CT molecular complexity index is 954. The summed E-state index contributed by atoms with van der Waals surface area (Å²) in [5.74, 6) is -0.657. The molecule has 3 rings (SSSR count). The van der Waals surface area contributed by atoms with Gasteiger partial charge in [0.1, 0.15) is 0 Å². The minimum Gasteiger partial charge on any atom is -0.462 e. The summed E-state index contributed by atoms with van der Waals surface area (Å²) < 4.78 is 10.1. The molecule has 1 aromatic heterocycles. The Kier molecular flexibility index (Phi) is 5.07. The fraction of sp³-hybridized carbons (Fsp3) is 0.238. The normalized spacial score (nSPS) is 10.7. The SMILES string of the molecule is CCOC(=O)c1ccc(-c2c(C)[nH]c3cc(C(=O)OCC)ccc23)cc1. The second-order valence-electron chi connectivity index (χ2n) is 5.90. The molecule has 1 N–H and O–H groups in total. The molecular weight excluding hydrogens is 330 g/mol. The van der Waals surface area contributed by atoms with E-state index in [1.807, 2.05) is 25.1 Å². The third-order valence-electron chi connectivity index (χ3n) is 4.18. The first-order chi connectivity index (χ1) is 12.5. The Hall–Kier alpha value is -3.08. The van der Waals surface area contributed by atoms with Crippen LogP contribution in [0.4, 0.5) is 0 Å². The standard InChI is InChI=1S/C21H21NO4/c1-4-25-20(23)15-8-6-14(7-9-15)19-13(3)22-18-12-16(10-11-17(18)19)21(24)26-5-2/h6-12,22H,4-5H2,1-3H3. The van der Waals surface area contributed by atoms with E-state index in [0.717, 1.165) is 27.7 Å². The number of hydrogen-bond donors (Lipinski definition) is 1. The van der Waals surface area contributed by atoms with E-state index in [2.05, 4.69) is 4.98 Å². The van der Waals surface area contributed by atoms with Gasteiger partial charge < -0.3 is 14.5 Å². The summed E-state index contributed by atoms with van der Waals surface area (Å²) in [6.45, 7) is 6.25. The molecule has 0 spiro atoms. The molecule has 0 aliphatic rings. The lowest BCUT2D eigenvalue weighted by molar-refractivity contribution is 0.0517. The highest BCUT2D eigenvalue weighted by Gasteiger charge is 2.14. The number of hydrogen-bond acceptors (Lipinski definition) is 4. The zero-order valence-electron chi connectivity index (χ0n) is 15.1. The number of nitrogens with one attached hydrogen (secondary N) is 1. The fourth-order valence-corrected chi connectivity index (χ4v) is 3.03. The Morgan fingerprint density at radius 3 is 2.08 bits per heavy atom. The molecule has 0 saturated carbocycles. The van der Waals surface area contributed by atoms with Crippen LogP contribution in [0.25, 0.3) is 22.0 Å². The van der Waals surface area contributed by atoms with Crippen LogP contribution in [0.3, 0.4) is 0 Å². The molecule has 5 heteroatoms. The smallest absolute Gasteiger partial charge is 0.338 e. The van der Waals surface area contributed by atoms with Crippen LogP contribution in [-0.4, -0.2) is 30.1 Å². The number of aromatic amines is 1. The fourth-order valence-electron chi connectivity index (χ4n) is 3.03. The molecule has 5 nitrogen and oxygen atoms in total. The topological polar surface area (TPSA) is 68.4 Å². The van der Waals surface area contributed by atoms with Crippen LogP contribution < -0.4 is 0 Å². The molecule has 3 aromatic rings. The maximum absolute atomic E-state index is 11.9. The van der Waals surface area contributed by atoms with Crippen molar-refractivity contribution >= 4 is 22.8 Å². The van der Waals surface area contributed by atoms with Gasteiger partial charge in [-0.2, -0.15) is 0 Å². The van der Waals surface area contributed by atoms with Crippen molar-refractivity contribution in [2.45, 2.75) is 20.8 Å². The van der Waals surface area contributed by atoms with Crippen molar-refractivity contribution in [2.24, 2.45) is 0 Å². The van der Waals surface area contributed by atoms with E-state index in [1.54, 1.807) is 38.1 Å². The van der Waals surface area contributed by atoms with Crippen LogP contribution >= 0.6 is 0 Å². The number of aromatic nitrogens is 1. The van der Waals surface area contributed by atoms with Crippen molar-refractivity contribution in [3.8, 4) is 11.1 Å². The van der Waals surface area contributed by atoms with Crippen LogP contribution in [0.1, 0.15) is 40.3 Å². The van der Waals surface area contributed by atoms with E-state index < -0.39 is 0 Å². The van der Waals surface area contributed by atoms with Gasteiger partial charge in [0.25, 0.3) is 0 Å². The minimum atomic E-state index is -0.331. The van der Waals surface area contributed by atoms with Crippen LogP contribution in [0.15, 0.2) is 42.5 Å². The first-order valence-electron chi connectivity index (χ1n) is 8.62. The van der Waals surface area contributed by atoms with Gasteiger partial charge in [-0.25, -0.2) is 9.59 Å². The van der Waals surface area contributed by atoms with Crippen LogP contribution in [-0.2, 0) is 9.47 Å². The molecule has 0 fully saturated rings. The lowest BCUT2D eigenvalue weighted by atomic mass is 10.00. The molecule has 0 atom stereocenters. The average Bonchev–Trinajstić information content (AvgIpc) is 2.97. The van der Waals surface area contributed by atoms with Crippen molar-refractivity contribution in [1.29, 1.82) is 0 Å². The maximum atomic E-state index is 11.9. The van der Waals surface area contributed by atoms with Crippen LogP contribution in [0.5, 0.6) is 0 Å². The van der Waals surface area contributed by atoms with Crippen molar-refractivity contribution < 1.29 is 19.1 Å². The van der Waals surface area contributed by atoms with Crippen molar-refractivity contribution in [2.75, 3.05) is 13.2 Å². The van der Waals surface area contributed by atoms with E-state index in [-0.39, 0.29) is 11.9 Å². The molecule has 0 unspecified atom stereocenters. The third kappa shape index (κ3) is 3.33. The number of H-pyrrole nitrogens is 1. The highest BCUT2D eigenvalue weighted by Crippen LogP contribution is 2.33. The van der Waals surface area contributed by atoms with E-state index in [9.17, 15) is 9.59 Å². The summed E-state index contributed by atoms with van der Waals surface area (Å²) in [6.07, 6.45) is 0. The second-order valence-corrected chi connectivity index (χ2v) is 5.90. The van der Waals surface area contributed by atoms with Crippen molar-refractivity contribution in [1.82, 2.24) is 4.98 Å². The first-order valence-corrected chi connectivity index (χ1v) is 8.62. The van der Waals surface area contributed by atoms with Crippen LogP contribution in [0.2, 0.25) is 0 Å². The Balaban J connectivity index is 1.98. The number of ether oxygens (including phenoxy) is 2.